The van der Waals surface area contributed by atoms with Crippen LogP contribution in [0.25, 0.3) is 0 Å². The minimum absolute atomic E-state index is 0.208. The van der Waals surface area contributed by atoms with Gasteiger partial charge in [-0.05, 0) is 44.0 Å². The van der Waals surface area contributed by atoms with Gasteiger partial charge in [0.2, 0.25) is 5.95 Å². The van der Waals surface area contributed by atoms with Gasteiger partial charge in [0.15, 0.2) is 16.7 Å². The normalized spacial score (nSPS) is 16.8. The van der Waals surface area contributed by atoms with E-state index in [0.717, 1.165) is 94.8 Å². The highest BCUT2D eigenvalue weighted by Gasteiger charge is 2.26. The van der Waals surface area contributed by atoms with Gasteiger partial charge in [0.1, 0.15) is 13.2 Å². The summed E-state index contributed by atoms with van der Waals surface area (Å²) in [4.78, 5) is 9.68. The van der Waals surface area contributed by atoms with E-state index < -0.39 is 0 Å². The van der Waals surface area contributed by atoms with Crippen molar-refractivity contribution < 1.29 is 14.2 Å². The lowest BCUT2D eigenvalue weighted by atomic mass is 10.0. The highest BCUT2D eigenvalue weighted by atomic mass is 35.5. The van der Waals surface area contributed by atoms with Crippen molar-refractivity contribution in [1.29, 1.82) is 0 Å². The second-order valence-corrected chi connectivity index (χ2v) is 9.52. The predicted octanol–water partition coefficient (Wildman–Crippen LogP) is 5.31. The lowest BCUT2D eigenvalue weighted by molar-refractivity contribution is 0.121. The molecule has 7 nitrogen and oxygen atoms in total. The second-order valence-electron chi connectivity index (χ2n) is 9.16. The maximum Gasteiger partial charge on any atom is 0.207 e. The van der Waals surface area contributed by atoms with Gasteiger partial charge in [0, 0.05) is 32.2 Å². The van der Waals surface area contributed by atoms with Crippen LogP contribution < -0.4 is 14.4 Å². The number of imidazole rings is 1. The SMILES string of the molecule is CCCCN(Cc1c(Cl)nc(N2CCOCC2)n1CCCC)C(C)c1ccc2c(c1)OCCO2. The van der Waals surface area contributed by atoms with E-state index in [2.05, 4.69) is 47.3 Å². The van der Waals surface area contributed by atoms with Gasteiger partial charge in [0.25, 0.3) is 0 Å². The fourth-order valence-electron chi connectivity index (χ4n) is 4.65. The van der Waals surface area contributed by atoms with E-state index in [9.17, 15) is 0 Å². The number of ether oxygens (including phenoxy) is 3. The summed E-state index contributed by atoms with van der Waals surface area (Å²) < 4.78 is 19.5. The van der Waals surface area contributed by atoms with Crippen LogP contribution in [0.2, 0.25) is 5.15 Å². The van der Waals surface area contributed by atoms with Gasteiger partial charge in [0.05, 0.1) is 18.9 Å². The molecule has 2 aromatic rings. The van der Waals surface area contributed by atoms with Crippen molar-refractivity contribution in [2.24, 2.45) is 0 Å². The average Bonchev–Trinajstić information content (AvgIpc) is 3.19. The summed E-state index contributed by atoms with van der Waals surface area (Å²) in [5.74, 6) is 2.66. The molecule has 1 aromatic heterocycles. The number of fused-ring (bicyclic) bond motifs is 1. The van der Waals surface area contributed by atoms with Gasteiger partial charge in [-0.2, -0.15) is 0 Å². The van der Waals surface area contributed by atoms with Crippen LogP contribution in [0, 0.1) is 0 Å². The van der Waals surface area contributed by atoms with Crippen molar-refractivity contribution in [2.75, 3.05) is 51.0 Å². The molecule has 0 saturated carbocycles. The molecule has 0 N–H and O–H groups in total. The molecule has 188 valence electrons. The van der Waals surface area contributed by atoms with Crippen LogP contribution in [0.5, 0.6) is 11.5 Å². The largest absolute Gasteiger partial charge is 0.486 e. The first kappa shape index (κ1) is 25.1. The molecule has 0 bridgehead atoms. The topological polar surface area (TPSA) is 52.0 Å². The van der Waals surface area contributed by atoms with E-state index in [1.165, 1.54) is 5.56 Å². The summed E-state index contributed by atoms with van der Waals surface area (Å²) in [5, 5.41) is 0.619. The number of anilines is 1. The summed E-state index contributed by atoms with van der Waals surface area (Å²) in [6.45, 7) is 13.8. The Balaban J connectivity index is 1.61. The Hall–Kier alpha value is -1.96. The third-order valence-corrected chi connectivity index (χ3v) is 7.08. The number of benzene rings is 1. The first-order valence-corrected chi connectivity index (χ1v) is 13.2. The number of halogens is 1. The molecule has 8 heteroatoms. The summed E-state index contributed by atoms with van der Waals surface area (Å²) in [6, 6.07) is 6.53. The first-order valence-electron chi connectivity index (χ1n) is 12.8. The van der Waals surface area contributed by atoms with E-state index >= 15 is 0 Å². The molecular weight excluding hydrogens is 452 g/mol. The van der Waals surface area contributed by atoms with E-state index in [1.54, 1.807) is 0 Å². The number of morpholine rings is 1. The van der Waals surface area contributed by atoms with Gasteiger partial charge >= 0.3 is 0 Å². The summed E-state index contributed by atoms with van der Waals surface area (Å²) >= 11 is 6.82. The smallest absolute Gasteiger partial charge is 0.207 e. The number of hydrogen-bond acceptors (Lipinski definition) is 6. The molecule has 0 amide bonds. The Morgan fingerprint density at radius 1 is 1.03 bits per heavy atom. The fourth-order valence-corrected chi connectivity index (χ4v) is 4.88. The summed E-state index contributed by atoms with van der Waals surface area (Å²) in [7, 11) is 0. The molecule has 2 aliphatic heterocycles. The monoisotopic (exact) mass is 490 g/mol. The van der Waals surface area contributed by atoms with Crippen LogP contribution in [0.1, 0.15) is 63.8 Å². The molecule has 2 aliphatic rings. The third-order valence-electron chi connectivity index (χ3n) is 6.78. The van der Waals surface area contributed by atoms with E-state index in [-0.39, 0.29) is 6.04 Å². The highest BCUT2D eigenvalue weighted by Crippen LogP contribution is 2.35. The van der Waals surface area contributed by atoms with Gasteiger partial charge < -0.3 is 23.7 Å². The number of hydrogen-bond donors (Lipinski definition) is 0. The van der Waals surface area contributed by atoms with Gasteiger partial charge in [-0.25, -0.2) is 4.98 Å². The number of unbranched alkanes of at least 4 members (excludes halogenated alkanes) is 2. The molecule has 1 aromatic carbocycles. The van der Waals surface area contributed by atoms with Crippen LogP contribution in [0.3, 0.4) is 0 Å². The Labute approximate surface area is 208 Å². The molecule has 1 atom stereocenters. The molecular formula is C26H39ClN4O3. The lowest BCUT2D eigenvalue weighted by Gasteiger charge is -2.32. The van der Waals surface area contributed by atoms with Crippen molar-refractivity contribution >= 4 is 17.5 Å². The number of aromatic nitrogens is 2. The van der Waals surface area contributed by atoms with Crippen molar-refractivity contribution in [3.8, 4) is 11.5 Å². The van der Waals surface area contributed by atoms with Crippen LogP contribution in [-0.2, 0) is 17.8 Å². The van der Waals surface area contributed by atoms with Crippen LogP contribution in [0.15, 0.2) is 18.2 Å². The van der Waals surface area contributed by atoms with Gasteiger partial charge in [-0.1, -0.05) is 44.4 Å². The van der Waals surface area contributed by atoms with Crippen molar-refractivity contribution in [3.63, 3.8) is 0 Å². The average molecular weight is 491 g/mol. The van der Waals surface area contributed by atoms with E-state index in [4.69, 9.17) is 30.8 Å². The quantitative estimate of drug-likeness (QED) is 0.425. The molecule has 1 fully saturated rings. The minimum Gasteiger partial charge on any atom is -0.486 e. The maximum absolute atomic E-state index is 6.82. The Morgan fingerprint density at radius 2 is 1.76 bits per heavy atom. The highest BCUT2D eigenvalue weighted by molar-refractivity contribution is 6.30. The third kappa shape index (κ3) is 5.81. The Bertz CT molecular complexity index is 929. The fraction of sp³-hybridized carbons (Fsp3) is 0.654. The zero-order valence-corrected chi connectivity index (χ0v) is 21.6. The number of nitrogens with zero attached hydrogens (tertiary/aromatic N) is 4. The molecule has 1 unspecified atom stereocenters. The summed E-state index contributed by atoms with van der Waals surface area (Å²) in [5.41, 5.74) is 2.33. The minimum atomic E-state index is 0.208. The Kier molecular flexibility index (Phi) is 8.98. The Morgan fingerprint density at radius 3 is 2.50 bits per heavy atom. The zero-order chi connectivity index (χ0) is 23.9. The van der Waals surface area contributed by atoms with Crippen molar-refractivity contribution in [3.05, 3.63) is 34.6 Å². The molecule has 0 spiro atoms. The second kappa shape index (κ2) is 12.1. The molecule has 34 heavy (non-hydrogen) atoms. The van der Waals surface area contributed by atoms with E-state index in [0.29, 0.717) is 18.4 Å². The van der Waals surface area contributed by atoms with Crippen LogP contribution >= 0.6 is 11.6 Å². The standard InChI is InChI=1S/C26H39ClN4O3/c1-4-6-10-30(20(3)21-8-9-23-24(18-21)34-17-16-33-23)19-22-25(27)28-26(31(22)11-7-5-2)29-12-14-32-15-13-29/h8-9,18,20H,4-7,10-17,19H2,1-3H3. The molecule has 4 rings (SSSR count). The molecule has 0 aliphatic carbocycles. The van der Waals surface area contributed by atoms with Crippen LogP contribution in [0.4, 0.5) is 5.95 Å². The van der Waals surface area contributed by atoms with Crippen LogP contribution in [-0.4, -0.2) is 60.5 Å². The lowest BCUT2D eigenvalue weighted by Crippen LogP contribution is -2.38. The maximum atomic E-state index is 6.82. The zero-order valence-electron chi connectivity index (χ0n) is 20.9. The predicted molar refractivity (Wildman–Crippen MR) is 136 cm³/mol. The van der Waals surface area contributed by atoms with E-state index in [1.807, 2.05) is 6.07 Å². The first-order chi connectivity index (χ1) is 16.6. The van der Waals surface area contributed by atoms with Crippen molar-refractivity contribution in [1.82, 2.24) is 14.5 Å². The number of rotatable bonds is 11. The molecule has 1 saturated heterocycles. The van der Waals surface area contributed by atoms with Gasteiger partial charge in [-0.3, -0.25) is 4.90 Å². The van der Waals surface area contributed by atoms with Gasteiger partial charge in [-0.15, -0.1) is 0 Å². The molecule has 3 heterocycles. The summed E-state index contributed by atoms with van der Waals surface area (Å²) in [6.07, 6.45) is 4.51. The molecule has 0 radical (unpaired) electrons. The van der Waals surface area contributed by atoms with Crippen molar-refractivity contribution in [2.45, 2.75) is 65.6 Å².